The number of hydrogen-bond donors (Lipinski definition) is 0. The van der Waals surface area contributed by atoms with Gasteiger partial charge in [0, 0.05) is 5.39 Å². The predicted octanol–water partition coefficient (Wildman–Crippen LogP) is 3.28. The van der Waals surface area contributed by atoms with Gasteiger partial charge in [0.2, 0.25) is 0 Å². The first-order valence-electron chi connectivity index (χ1n) is 7.37. The number of nitrogens with zero attached hydrogens (tertiary/aromatic N) is 1. The van der Waals surface area contributed by atoms with E-state index in [1.54, 1.807) is 24.3 Å². The van der Waals surface area contributed by atoms with Crippen LogP contribution in [0.4, 0.5) is 0 Å². The van der Waals surface area contributed by atoms with Gasteiger partial charge in [-0.25, -0.2) is 17.2 Å². The zero-order valence-electron chi connectivity index (χ0n) is 13.6. The molecule has 0 aliphatic carbocycles. The maximum atomic E-state index is 13.1. The molecule has 0 saturated heterocycles. The maximum absolute atomic E-state index is 13.1. The van der Waals surface area contributed by atoms with Crippen LogP contribution in [0.3, 0.4) is 0 Å². The third-order valence-corrected chi connectivity index (χ3v) is 5.61. The van der Waals surface area contributed by atoms with Crippen molar-refractivity contribution in [2.75, 3.05) is 7.11 Å². The highest BCUT2D eigenvalue weighted by Gasteiger charge is 2.26. The molecule has 0 unspecified atom stereocenters. The first-order chi connectivity index (χ1) is 11.3. The van der Waals surface area contributed by atoms with Crippen molar-refractivity contribution in [1.29, 1.82) is 0 Å². The smallest absolute Gasteiger partial charge is 0.355 e. The summed E-state index contributed by atoms with van der Waals surface area (Å²) in [5.74, 6) is -0.695. The van der Waals surface area contributed by atoms with E-state index in [0.717, 1.165) is 15.1 Å². The monoisotopic (exact) mass is 343 g/mol. The Morgan fingerprint density at radius 2 is 1.58 bits per heavy atom. The number of aryl methyl sites for hydroxylation is 2. The SMILES string of the molecule is COC(=O)c1cc2ccc(C)cc2n1S(=O)(=O)c1ccc(C)cc1. The fourth-order valence-electron chi connectivity index (χ4n) is 2.61. The molecule has 3 aromatic rings. The van der Waals surface area contributed by atoms with E-state index >= 15 is 0 Å². The lowest BCUT2D eigenvalue weighted by Crippen LogP contribution is -2.19. The van der Waals surface area contributed by atoms with Gasteiger partial charge in [0.05, 0.1) is 17.5 Å². The molecular formula is C18H17NO4S. The van der Waals surface area contributed by atoms with Crippen LogP contribution < -0.4 is 0 Å². The zero-order chi connectivity index (χ0) is 17.5. The Labute approximate surface area is 140 Å². The third-order valence-electron chi connectivity index (χ3n) is 3.87. The van der Waals surface area contributed by atoms with Gasteiger partial charge in [0.1, 0.15) is 5.69 Å². The highest BCUT2D eigenvalue weighted by atomic mass is 32.2. The highest BCUT2D eigenvalue weighted by Crippen LogP contribution is 2.27. The van der Waals surface area contributed by atoms with Crippen molar-refractivity contribution in [2.45, 2.75) is 18.7 Å². The lowest BCUT2D eigenvalue weighted by atomic mass is 10.2. The minimum Gasteiger partial charge on any atom is -0.464 e. The molecule has 0 N–H and O–H groups in total. The Bertz CT molecular complexity index is 1030. The van der Waals surface area contributed by atoms with Gasteiger partial charge in [-0.15, -0.1) is 0 Å². The molecule has 5 nitrogen and oxygen atoms in total. The summed E-state index contributed by atoms with van der Waals surface area (Å²) in [6.45, 7) is 3.75. The van der Waals surface area contributed by atoms with Crippen molar-refractivity contribution in [2.24, 2.45) is 0 Å². The van der Waals surface area contributed by atoms with Crippen molar-refractivity contribution in [3.63, 3.8) is 0 Å². The standard InChI is InChI=1S/C18H17NO4S/c1-12-5-8-15(9-6-12)24(21,22)19-16-10-13(2)4-7-14(16)11-17(19)18(20)23-3/h4-11H,1-3H3. The van der Waals surface area contributed by atoms with Crippen LogP contribution in [-0.2, 0) is 14.8 Å². The minimum atomic E-state index is -3.93. The quantitative estimate of drug-likeness (QED) is 0.685. The van der Waals surface area contributed by atoms with Crippen LogP contribution in [0.5, 0.6) is 0 Å². The van der Waals surface area contributed by atoms with E-state index < -0.39 is 16.0 Å². The van der Waals surface area contributed by atoms with Gasteiger partial charge in [-0.05, 0) is 43.7 Å². The van der Waals surface area contributed by atoms with Crippen LogP contribution >= 0.6 is 0 Å². The molecule has 0 radical (unpaired) electrons. The lowest BCUT2D eigenvalue weighted by molar-refractivity contribution is 0.0593. The molecule has 0 bridgehead atoms. The van der Waals surface area contributed by atoms with Crippen molar-refractivity contribution in [3.05, 3.63) is 65.4 Å². The summed E-state index contributed by atoms with van der Waals surface area (Å²) in [7, 11) is -2.70. The molecule has 124 valence electrons. The second-order valence-corrected chi connectivity index (χ2v) is 7.45. The number of hydrogen-bond acceptors (Lipinski definition) is 4. The average molecular weight is 343 g/mol. The molecule has 0 saturated carbocycles. The highest BCUT2D eigenvalue weighted by molar-refractivity contribution is 7.90. The fourth-order valence-corrected chi connectivity index (χ4v) is 4.10. The molecule has 0 amide bonds. The number of aromatic nitrogens is 1. The Kier molecular flexibility index (Phi) is 3.93. The summed E-state index contributed by atoms with van der Waals surface area (Å²) in [6.07, 6.45) is 0. The van der Waals surface area contributed by atoms with Gasteiger partial charge in [0.25, 0.3) is 10.0 Å². The van der Waals surface area contributed by atoms with Crippen LogP contribution in [0.2, 0.25) is 0 Å². The predicted molar refractivity (Wildman–Crippen MR) is 91.8 cm³/mol. The normalized spacial score (nSPS) is 11.6. The van der Waals surface area contributed by atoms with Gasteiger partial charge in [-0.3, -0.25) is 0 Å². The van der Waals surface area contributed by atoms with Gasteiger partial charge in [-0.2, -0.15) is 0 Å². The number of benzene rings is 2. The van der Waals surface area contributed by atoms with Gasteiger partial charge >= 0.3 is 5.97 Å². The number of esters is 1. The topological polar surface area (TPSA) is 65.4 Å². The first kappa shape index (κ1) is 16.3. The molecule has 0 aliphatic heterocycles. The summed E-state index contributed by atoms with van der Waals surface area (Å²) < 4.78 is 32.1. The molecule has 2 aromatic carbocycles. The van der Waals surface area contributed by atoms with Gasteiger partial charge < -0.3 is 4.74 Å². The van der Waals surface area contributed by atoms with E-state index in [9.17, 15) is 13.2 Å². The summed E-state index contributed by atoms with van der Waals surface area (Å²) >= 11 is 0. The fraction of sp³-hybridized carbons (Fsp3) is 0.167. The Morgan fingerprint density at radius 3 is 2.21 bits per heavy atom. The summed E-state index contributed by atoms with van der Waals surface area (Å²) in [6, 6.07) is 13.5. The molecule has 0 fully saturated rings. The van der Waals surface area contributed by atoms with E-state index in [-0.39, 0.29) is 10.6 Å². The van der Waals surface area contributed by atoms with Crippen molar-refractivity contribution in [3.8, 4) is 0 Å². The second-order valence-electron chi connectivity index (χ2n) is 5.67. The zero-order valence-corrected chi connectivity index (χ0v) is 14.4. The molecule has 1 heterocycles. The number of carbonyl (C=O) groups excluding carboxylic acids is 1. The molecule has 1 aromatic heterocycles. The number of methoxy groups -OCH3 is 1. The molecular weight excluding hydrogens is 326 g/mol. The maximum Gasteiger partial charge on any atom is 0.355 e. The van der Waals surface area contributed by atoms with Crippen molar-refractivity contribution < 1.29 is 17.9 Å². The minimum absolute atomic E-state index is 0.0151. The average Bonchev–Trinajstić information content (AvgIpc) is 2.93. The van der Waals surface area contributed by atoms with Crippen molar-refractivity contribution >= 4 is 26.9 Å². The largest absolute Gasteiger partial charge is 0.464 e. The van der Waals surface area contributed by atoms with Crippen LogP contribution in [0, 0.1) is 13.8 Å². The molecule has 0 atom stereocenters. The van der Waals surface area contributed by atoms with Gasteiger partial charge in [-0.1, -0.05) is 29.8 Å². The van der Waals surface area contributed by atoms with Crippen LogP contribution in [0.25, 0.3) is 10.9 Å². The molecule has 24 heavy (non-hydrogen) atoms. The van der Waals surface area contributed by atoms with Gasteiger partial charge in [0.15, 0.2) is 0 Å². The summed E-state index contributed by atoms with van der Waals surface area (Å²) in [5, 5.41) is 0.664. The molecule has 0 aliphatic rings. The lowest BCUT2D eigenvalue weighted by Gasteiger charge is -2.11. The Balaban J connectivity index is 2.36. The van der Waals surface area contributed by atoms with E-state index in [2.05, 4.69) is 0 Å². The summed E-state index contributed by atoms with van der Waals surface area (Å²) in [4.78, 5) is 12.2. The van der Waals surface area contributed by atoms with Crippen molar-refractivity contribution in [1.82, 2.24) is 3.97 Å². The Hall–Kier alpha value is -2.60. The third kappa shape index (κ3) is 2.59. The van der Waals surface area contributed by atoms with E-state index in [0.29, 0.717) is 10.9 Å². The van der Waals surface area contributed by atoms with Crippen LogP contribution in [0.1, 0.15) is 21.6 Å². The van der Waals surface area contributed by atoms with Crippen LogP contribution in [-0.4, -0.2) is 25.5 Å². The summed E-state index contributed by atoms with van der Waals surface area (Å²) in [5.41, 5.74) is 2.29. The number of carbonyl (C=O) groups is 1. The second kappa shape index (κ2) is 5.79. The molecule has 6 heteroatoms. The Morgan fingerprint density at radius 1 is 0.958 bits per heavy atom. The van der Waals surface area contributed by atoms with E-state index in [1.807, 2.05) is 19.9 Å². The van der Waals surface area contributed by atoms with E-state index in [4.69, 9.17) is 4.74 Å². The number of fused-ring (bicyclic) bond motifs is 1. The first-order valence-corrected chi connectivity index (χ1v) is 8.81. The molecule has 0 spiro atoms. The van der Waals surface area contributed by atoms with Crippen LogP contribution in [0.15, 0.2) is 53.4 Å². The molecule has 3 rings (SSSR count). The number of ether oxygens (including phenoxy) is 1. The number of rotatable bonds is 3. The van der Waals surface area contributed by atoms with E-state index in [1.165, 1.54) is 25.3 Å².